The first-order valence-electron chi connectivity index (χ1n) is 6.95. The van der Waals surface area contributed by atoms with Crippen molar-refractivity contribution in [3.05, 3.63) is 70.9 Å². The number of rotatable bonds is 3. The van der Waals surface area contributed by atoms with Crippen LogP contribution in [0.3, 0.4) is 0 Å². The molecule has 112 valence electrons. The van der Waals surface area contributed by atoms with Gasteiger partial charge in [0.05, 0.1) is 12.6 Å². The fourth-order valence-corrected chi connectivity index (χ4v) is 2.49. The molecule has 0 aliphatic carbocycles. The standard InChI is InChI=1S/C18H15F2NO/c1-11-6-15-16(20)9-13(19)10-18(15)21-17(11)8-12-4-3-5-14(7-12)22-2/h3-7,9-10H,8H2,1-2H3. The Morgan fingerprint density at radius 1 is 1.09 bits per heavy atom. The van der Waals surface area contributed by atoms with Crippen molar-refractivity contribution >= 4 is 10.9 Å². The van der Waals surface area contributed by atoms with Gasteiger partial charge in [-0.1, -0.05) is 12.1 Å². The molecule has 0 amide bonds. The van der Waals surface area contributed by atoms with Crippen LogP contribution in [-0.4, -0.2) is 12.1 Å². The minimum atomic E-state index is -0.617. The van der Waals surface area contributed by atoms with Crippen LogP contribution in [0.2, 0.25) is 0 Å². The van der Waals surface area contributed by atoms with E-state index in [0.29, 0.717) is 17.3 Å². The molecule has 0 saturated heterocycles. The fraction of sp³-hybridized carbons (Fsp3) is 0.167. The highest BCUT2D eigenvalue weighted by atomic mass is 19.1. The summed E-state index contributed by atoms with van der Waals surface area (Å²) in [6, 6.07) is 11.5. The van der Waals surface area contributed by atoms with Gasteiger partial charge in [0.1, 0.15) is 17.4 Å². The highest BCUT2D eigenvalue weighted by molar-refractivity contribution is 5.80. The van der Waals surface area contributed by atoms with Crippen molar-refractivity contribution in [1.29, 1.82) is 0 Å². The van der Waals surface area contributed by atoms with E-state index >= 15 is 0 Å². The number of ether oxygens (including phenoxy) is 1. The number of hydrogen-bond acceptors (Lipinski definition) is 2. The first-order valence-corrected chi connectivity index (χ1v) is 6.95. The Balaban J connectivity index is 2.05. The molecule has 3 rings (SSSR count). The van der Waals surface area contributed by atoms with E-state index in [2.05, 4.69) is 4.98 Å². The Morgan fingerprint density at radius 3 is 2.68 bits per heavy atom. The van der Waals surface area contributed by atoms with Crippen LogP contribution >= 0.6 is 0 Å². The molecule has 2 aromatic carbocycles. The number of halogens is 2. The lowest BCUT2D eigenvalue weighted by molar-refractivity contribution is 0.414. The summed E-state index contributed by atoms with van der Waals surface area (Å²) in [6.45, 7) is 1.88. The molecule has 0 N–H and O–H groups in total. The molecular weight excluding hydrogens is 284 g/mol. The summed E-state index contributed by atoms with van der Waals surface area (Å²) in [5, 5.41) is 0.341. The van der Waals surface area contributed by atoms with E-state index in [1.165, 1.54) is 6.07 Å². The van der Waals surface area contributed by atoms with Gasteiger partial charge < -0.3 is 4.74 Å². The van der Waals surface area contributed by atoms with Gasteiger partial charge in [0, 0.05) is 29.6 Å². The topological polar surface area (TPSA) is 22.1 Å². The predicted molar refractivity (Wildman–Crippen MR) is 82.2 cm³/mol. The zero-order valence-electron chi connectivity index (χ0n) is 12.4. The highest BCUT2D eigenvalue weighted by Gasteiger charge is 2.10. The van der Waals surface area contributed by atoms with Crippen LogP contribution in [0.15, 0.2) is 42.5 Å². The van der Waals surface area contributed by atoms with Crippen molar-refractivity contribution in [1.82, 2.24) is 4.98 Å². The van der Waals surface area contributed by atoms with E-state index in [9.17, 15) is 8.78 Å². The first-order chi connectivity index (χ1) is 10.6. The minimum absolute atomic E-state index is 0.334. The van der Waals surface area contributed by atoms with Crippen molar-refractivity contribution in [2.24, 2.45) is 0 Å². The molecule has 22 heavy (non-hydrogen) atoms. The van der Waals surface area contributed by atoms with E-state index < -0.39 is 11.6 Å². The molecule has 4 heteroatoms. The molecule has 0 fully saturated rings. The van der Waals surface area contributed by atoms with Crippen LogP contribution in [0.5, 0.6) is 5.75 Å². The molecule has 0 aliphatic rings. The highest BCUT2D eigenvalue weighted by Crippen LogP contribution is 2.23. The third-order valence-corrected chi connectivity index (χ3v) is 3.65. The van der Waals surface area contributed by atoms with Crippen LogP contribution in [0.25, 0.3) is 10.9 Å². The minimum Gasteiger partial charge on any atom is -0.497 e. The smallest absolute Gasteiger partial charge is 0.135 e. The second kappa shape index (κ2) is 5.72. The predicted octanol–water partition coefficient (Wildman–Crippen LogP) is 4.42. The number of methoxy groups -OCH3 is 1. The molecule has 0 aliphatic heterocycles. The monoisotopic (exact) mass is 299 g/mol. The van der Waals surface area contributed by atoms with E-state index in [1.54, 1.807) is 13.2 Å². The average molecular weight is 299 g/mol. The summed E-state index contributed by atoms with van der Waals surface area (Å²) in [6.07, 6.45) is 0.580. The summed E-state index contributed by atoms with van der Waals surface area (Å²) >= 11 is 0. The maximum absolute atomic E-state index is 13.8. The lowest BCUT2D eigenvalue weighted by Crippen LogP contribution is -1.99. The quantitative estimate of drug-likeness (QED) is 0.714. The first kappa shape index (κ1) is 14.4. The summed E-state index contributed by atoms with van der Waals surface area (Å²) in [5.41, 5.74) is 3.04. The molecular formula is C18H15F2NO. The third kappa shape index (κ3) is 2.77. The molecule has 0 unspecified atom stereocenters. The van der Waals surface area contributed by atoms with E-state index in [0.717, 1.165) is 28.6 Å². The summed E-state index contributed by atoms with van der Waals surface area (Å²) < 4.78 is 32.4. The fourth-order valence-electron chi connectivity index (χ4n) is 2.49. The van der Waals surface area contributed by atoms with Crippen LogP contribution in [0.1, 0.15) is 16.8 Å². The number of pyridine rings is 1. The summed E-state index contributed by atoms with van der Waals surface area (Å²) in [7, 11) is 1.62. The number of benzene rings is 2. The van der Waals surface area contributed by atoms with Gasteiger partial charge >= 0.3 is 0 Å². The van der Waals surface area contributed by atoms with Crippen molar-refractivity contribution in [2.45, 2.75) is 13.3 Å². The maximum Gasteiger partial charge on any atom is 0.135 e. The van der Waals surface area contributed by atoms with Crippen molar-refractivity contribution in [3.8, 4) is 5.75 Å². The Bertz CT molecular complexity index is 846. The van der Waals surface area contributed by atoms with Crippen LogP contribution in [0, 0.1) is 18.6 Å². The summed E-state index contributed by atoms with van der Waals surface area (Å²) in [4.78, 5) is 4.43. The molecule has 0 radical (unpaired) electrons. The third-order valence-electron chi connectivity index (χ3n) is 3.65. The van der Waals surface area contributed by atoms with E-state index in [1.807, 2.05) is 31.2 Å². The Kier molecular flexibility index (Phi) is 3.75. The number of hydrogen-bond donors (Lipinski definition) is 0. The molecule has 2 nitrogen and oxygen atoms in total. The largest absolute Gasteiger partial charge is 0.497 e. The van der Waals surface area contributed by atoms with Crippen LogP contribution in [0.4, 0.5) is 8.78 Å². The Morgan fingerprint density at radius 2 is 1.91 bits per heavy atom. The van der Waals surface area contributed by atoms with Crippen LogP contribution in [-0.2, 0) is 6.42 Å². The molecule has 1 heterocycles. The second-order valence-corrected chi connectivity index (χ2v) is 5.23. The molecule has 1 aromatic heterocycles. The van der Waals surface area contributed by atoms with Gasteiger partial charge in [0.25, 0.3) is 0 Å². The maximum atomic E-state index is 13.8. The zero-order chi connectivity index (χ0) is 15.7. The Labute approximate surface area is 127 Å². The molecule has 0 saturated carbocycles. The SMILES string of the molecule is COc1cccc(Cc2nc3cc(F)cc(F)c3cc2C)c1. The second-order valence-electron chi connectivity index (χ2n) is 5.23. The van der Waals surface area contributed by atoms with Gasteiger partial charge in [-0.05, 0) is 36.2 Å². The van der Waals surface area contributed by atoms with Crippen LogP contribution < -0.4 is 4.74 Å². The van der Waals surface area contributed by atoms with Crippen molar-refractivity contribution < 1.29 is 13.5 Å². The number of aryl methyl sites for hydroxylation is 1. The zero-order valence-corrected chi connectivity index (χ0v) is 12.4. The van der Waals surface area contributed by atoms with Gasteiger partial charge in [-0.25, -0.2) is 8.78 Å². The van der Waals surface area contributed by atoms with Crippen molar-refractivity contribution in [3.63, 3.8) is 0 Å². The Hall–Kier alpha value is -2.49. The van der Waals surface area contributed by atoms with Gasteiger partial charge in [-0.2, -0.15) is 0 Å². The van der Waals surface area contributed by atoms with Gasteiger partial charge in [0.2, 0.25) is 0 Å². The van der Waals surface area contributed by atoms with Crippen molar-refractivity contribution in [2.75, 3.05) is 7.11 Å². The van der Waals surface area contributed by atoms with E-state index in [4.69, 9.17) is 4.74 Å². The lowest BCUT2D eigenvalue weighted by Gasteiger charge is -2.09. The average Bonchev–Trinajstić information content (AvgIpc) is 2.49. The van der Waals surface area contributed by atoms with Gasteiger partial charge in [-0.15, -0.1) is 0 Å². The molecule has 3 aromatic rings. The van der Waals surface area contributed by atoms with Gasteiger partial charge in [0.15, 0.2) is 0 Å². The lowest BCUT2D eigenvalue weighted by atomic mass is 10.0. The number of nitrogens with zero attached hydrogens (tertiary/aromatic N) is 1. The molecule has 0 bridgehead atoms. The number of aromatic nitrogens is 1. The van der Waals surface area contributed by atoms with E-state index in [-0.39, 0.29) is 0 Å². The molecule has 0 atom stereocenters. The summed E-state index contributed by atoms with van der Waals surface area (Å²) in [5.74, 6) is -0.430. The molecule has 0 spiro atoms. The number of fused-ring (bicyclic) bond motifs is 1. The normalized spacial score (nSPS) is 10.9. The van der Waals surface area contributed by atoms with Gasteiger partial charge in [-0.3, -0.25) is 4.98 Å².